The van der Waals surface area contributed by atoms with Crippen LogP contribution in [0, 0.1) is 0 Å². The molecule has 1 N–H and O–H groups in total. The Morgan fingerprint density at radius 2 is 1.70 bits per heavy atom. The van der Waals surface area contributed by atoms with Gasteiger partial charge in [0, 0.05) is 29.0 Å². The van der Waals surface area contributed by atoms with Crippen molar-refractivity contribution in [3.8, 4) is 0 Å². The van der Waals surface area contributed by atoms with Gasteiger partial charge in [0.2, 0.25) is 10.0 Å². The first-order chi connectivity index (χ1) is 14.3. The second-order valence-corrected chi connectivity index (χ2v) is 8.56. The number of nitrogens with one attached hydrogen (secondary N) is 1. The predicted octanol–water partition coefficient (Wildman–Crippen LogP) is 4.00. The molecule has 0 aliphatic rings. The van der Waals surface area contributed by atoms with Crippen LogP contribution < -0.4 is 4.72 Å². The van der Waals surface area contributed by atoms with Crippen LogP contribution in [0.2, 0.25) is 5.02 Å². The highest BCUT2D eigenvalue weighted by molar-refractivity contribution is 7.92. The number of ketones is 1. The molecule has 0 aliphatic heterocycles. The Morgan fingerprint density at radius 1 is 1.03 bits per heavy atom. The molecule has 2 aromatic carbocycles. The van der Waals surface area contributed by atoms with Crippen molar-refractivity contribution in [2.24, 2.45) is 0 Å². The van der Waals surface area contributed by atoms with Gasteiger partial charge in [0.1, 0.15) is 0 Å². The van der Waals surface area contributed by atoms with Crippen molar-refractivity contribution < 1.29 is 22.7 Å². The molecule has 0 aliphatic carbocycles. The van der Waals surface area contributed by atoms with E-state index in [9.17, 15) is 18.0 Å². The topological polar surface area (TPSA) is 89.5 Å². The number of esters is 1. The molecule has 0 bridgehead atoms. The highest BCUT2D eigenvalue weighted by Crippen LogP contribution is 2.12. The van der Waals surface area contributed by atoms with Crippen LogP contribution in [-0.4, -0.2) is 33.3 Å². The van der Waals surface area contributed by atoms with Gasteiger partial charge in [0.25, 0.3) is 0 Å². The molecule has 0 amide bonds. The van der Waals surface area contributed by atoms with E-state index in [0.29, 0.717) is 23.6 Å². The zero-order chi connectivity index (χ0) is 22.0. The Morgan fingerprint density at radius 3 is 2.33 bits per heavy atom. The number of hydrogen-bond acceptors (Lipinski definition) is 5. The van der Waals surface area contributed by atoms with E-state index in [1.165, 1.54) is 6.08 Å². The third-order valence-electron chi connectivity index (χ3n) is 4.16. The fourth-order valence-corrected chi connectivity index (χ4v) is 3.52. The Bertz CT molecular complexity index is 983. The summed E-state index contributed by atoms with van der Waals surface area (Å²) >= 11 is 5.80. The monoisotopic (exact) mass is 449 g/mol. The smallest absolute Gasteiger partial charge is 0.306 e. The van der Waals surface area contributed by atoms with Gasteiger partial charge in [-0.1, -0.05) is 48.0 Å². The van der Waals surface area contributed by atoms with E-state index in [-0.39, 0.29) is 31.1 Å². The number of rotatable bonds is 11. The van der Waals surface area contributed by atoms with Crippen molar-refractivity contribution in [1.29, 1.82) is 0 Å². The lowest BCUT2D eigenvalue weighted by Crippen LogP contribution is -2.23. The Kier molecular flexibility index (Phi) is 9.23. The number of benzene rings is 2. The number of carbonyl (C=O) groups excluding carboxylic acids is 2. The van der Waals surface area contributed by atoms with Gasteiger partial charge in [0.05, 0.1) is 13.0 Å². The fraction of sp³-hybridized carbons (Fsp3) is 0.273. The van der Waals surface area contributed by atoms with Crippen LogP contribution in [0.1, 0.15) is 41.3 Å². The second kappa shape index (κ2) is 11.6. The average Bonchev–Trinajstić information content (AvgIpc) is 2.72. The maximum Gasteiger partial charge on any atom is 0.306 e. The van der Waals surface area contributed by atoms with Crippen molar-refractivity contribution in [2.75, 3.05) is 13.2 Å². The summed E-state index contributed by atoms with van der Waals surface area (Å²) in [6.45, 7) is 2.24. The second-order valence-electron chi connectivity index (χ2n) is 6.47. The summed E-state index contributed by atoms with van der Waals surface area (Å²) < 4.78 is 31.5. The summed E-state index contributed by atoms with van der Waals surface area (Å²) in [4.78, 5) is 23.4. The first-order valence-corrected chi connectivity index (χ1v) is 11.4. The van der Waals surface area contributed by atoms with E-state index in [0.717, 1.165) is 16.5 Å². The Labute approximate surface area is 181 Å². The quantitative estimate of drug-likeness (QED) is 0.413. The molecule has 30 heavy (non-hydrogen) atoms. The third-order valence-corrected chi connectivity index (χ3v) is 5.52. The molecule has 2 rings (SSSR count). The van der Waals surface area contributed by atoms with Gasteiger partial charge >= 0.3 is 5.97 Å². The van der Waals surface area contributed by atoms with E-state index in [1.54, 1.807) is 55.5 Å². The number of hydrogen-bond donors (Lipinski definition) is 1. The van der Waals surface area contributed by atoms with E-state index < -0.39 is 10.0 Å². The molecular formula is C22H24ClNO5S. The summed E-state index contributed by atoms with van der Waals surface area (Å²) in [7, 11) is -3.56. The van der Waals surface area contributed by atoms with Crippen molar-refractivity contribution >= 4 is 39.5 Å². The largest absolute Gasteiger partial charge is 0.466 e. The van der Waals surface area contributed by atoms with Gasteiger partial charge < -0.3 is 4.74 Å². The summed E-state index contributed by atoms with van der Waals surface area (Å²) in [5.74, 6) is -0.525. The Hall–Kier alpha value is -2.48. The number of sulfonamides is 1. The number of ether oxygens (including phenoxy) is 1. The minimum atomic E-state index is -3.56. The van der Waals surface area contributed by atoms with Crippen LogP contribution in [0.15, 0.2) is 53.9 Å². The first-order valence-electron chi connectivity index (χ1n) is 9.50. The maximum absolute atomic E-state index is 12.1. The zero-order valence-electron chi connectivity index (χ0n) is 16.6. The van der Waals surface area contributed by atoms with Gasteiger partial charge in [-0.05, 0) is 42.7 Å². The molecule has 0 radical (unpaired) electrons. The molecule has 8 heteroatoms. The molecule has 0 saturated carbocycles. The minimum absolute atomic E-state index is 0.0553. The van der Waals surface area contributed by atoms with Gasteiger partial charge in [-0.25, -0.2) is 13.1 Å². The van der Waals surface area contributed by atoms with Crippen LogP contribution >= 0.6 is 11.6 Å². The van der Waals surface area contributed by atoms with Crippen molar-refractivity contribution in [1.82, 2.24) is 4.72 Å². The molecule has 2 aromatic rings. The Balaban J connectivity index is 1.81. The molecule has 0 spiro atoms. The van der Waals surface area contributed by atoms with E-state index in [1.807, 2.05) is 0 Å². The molecule has 0 unspecified atom stereocenters. The van der Waals surface area contributed by atoms with Crippen molar-refractivity contribution in [3.05, 3.63) is 75.7 Å². The minimum Gasteiger partial charge on any atom is -0.466 e. The van der Waals surface area contributed by atoms with Gasteiger partial charge in [0.15, 0.2) is 5.78 Å². The van der Waals surface area contributed by atoms with Gasteiger partial charge in [-0.2, -0.15) is 0 Å². The van der Waals surface area contributed by atoms with Gasteiger partial charge in [-0.3, -0.25) is 9.59 Å². The molecule has 0 saturated heterocycles. The van der Waals surface area contributed by atoms with Crippen LogP contribution in [0.4, 0.5) is 0 Å². The normalized spacial score (nSPS) is 11.5. The number of Topliss-reactive ketones (excluding diaryl/α,β-unsaturated/α-hetero) is 1. The van der Waals surface area contributed by atoms with Crippen molar-refractivity contribution in [3.63, 3.8) is 0 Å². The molecule has 0 heterocycles. The van der Waals surface area contributed by atoms with E-state index in [2.05, 4.69) is 4.72 Å². The maximum atomic E-state index is 12.1. The summed E-state index contributed by atoms with van der Waals surface area (Å²) in [6, 6.07) is 13.7. The number of carbonyl (C=O) groups is 2. The molecule has 0 aromatic heterocycles. The lowest BCUT2D eigenvalue weighted by molar-refractivity contribution is -0.143. The van der Waals surface area contributed by atoms with Crippen LogP contribution in [-0.2, 0) is 26.0 Å². The van der Waals surface area contributed by atoms with E-state index >= 15 is 0 Å². The molecule has 160 valence electrons. The fourth-order valence-electron chi connectivity index (χ4n) is 2.58. The SMILES string of the molecule is CCOC(=O)CCC(=O)c1ccc(CCNS(=O)(=O)C=Cc2ccc(Cl)cc2)cc1. The van der Waals surface area contributed by atoms with Crippen LogP contribution in [0.5, 0.6) is 0 Å². The van der Waals surface area contributed by atoms with Gasteiger partial charge in [-0.15, -0.1) is 0 Å². The summed E-state index contributed by atoms with van der Waals surface area (Å²) in [5.41, 5.74) is 2.13. The summed E-state index contributed by atoms with van der Waals surface area (Å²) in [5, 5.41) is 1.70. The standard InChI is InChI=1S/C22H24ClNO5S/c1-2-29-22(26)12-11-21(25)19-7-3-17(4-8-19)13-15-24-30(27,28)16-14-18-5-9-20(23)10-6-18/h3-10,14,16,24H,2,11-13,15H2,1H3. The van der Waals surface area contributed by atoms with Crippen LogP contribution in [0.25, 0.3) is 6.08 Å². The molecule has 6 nitrogen and oxygen atoms in total. The summed E-state index contributed by atoms with van der Waals surface area (Å²) in [6.07, 6.45) is 2.12. The third kappa shape index (κ3) is 8.49. The molecule has 0 fully saturated rings. The zero-order valence-corrected chi connectivity index (χ0v) is 18.2. The average molecular weight is 450 g/mol. The van der Waals surface area contributed by atoms with Crippen LogP contribution in [0.3, 0.4) is 0 Å². The lowest BCUT2D eigenvalue weighted by atomic mass is 10.0. The molecular weight excluding hydrogens is 426 g/mol. The lowest BCUT2D eigenvalue weighted by Gasteiger charge is -2.05. The molecule has 0 atom stereocenters. The highest BCUT2D eigenvalue weighted by Gasteiger charge is 2.10. The van der Waals surface area contributed by atoms with E-state index in [4.69, 9.17) is 16.3 Å². The predicted molar refractivity (Wildman–Crippen MR) is 118 cm³/mol. The van der Waals surface area contributed by atoms with Crippen molar-refractivity contribution in [2.45, 2.75) is 26.2 Å². The highest BCUT2D eigenvalue weighted by atomic mass is 35.5. The first kappa shape index (κ1) is 23.8. The number of halogens is 1.